The monoisotopic (exact) mass is 646 g/mol. The predicted octanol–water partition coefficient (Wildman–Crippen LogP) is 6.17. The van der Waals surface area contributed by atoms with Crippen molar-refractivity contribution in [2.45, 2.75) is 18.8 Å². The minimum absolute atomic E-state index is 0.0796. The Bertz CT molecular complexity index is 2000. The van der Waals surface area contributed by atoms with Crippen molar-refractivity contribution in [3.05, 3.63) is 112 Å². The third kappa shape index (κ3) is 3.92. The summed E-state index contributed by atoms with van der Waals surface area (Å²) in [6.07, 6.45) is 3.81. The first-order valence-electron chi connectivity index (χ1n) is 14.3. The van der Waals surface area contributed by atoms with E-state index in [2.05, 4.69) is 20.9 Å². The van der Waals surface area contributed by atoms with Crippen LogP contribution in [0.5, 0.6) is 5.75 Å². The molecule has 8 rings (SSSR count). The Kier molecular flexibility index (Phi) is 5.96. The summed E-state index contributed by atoms with van der Waals surface area (Å²) >= 11 is 3.25. The standard InChI is InChI=1S/C35H23BrN2O6/c36-25-16-27(40)31-24(32(25)41)15-23-21(29(31)17-7-11-20(39)12-8-17)13-14-22-30(23)35(43)38(34(22)42)19-9-5-18(6-10-19)33-37-26-3-1-2-4-28(26)44-33/h1-13,16,22-23,29-30,39H,14-15H2. The molecular formula is C35H23BrN2O6. The lowest BCUT2D eigenvalue weighted by Crippen LogP contribution is -2.39. The number of aromatic nitrogens is 1. The molecule has 216 valence electrons. The van der Waals surface area contributed by atoms with E-state index in [1.165, 1.54) is 11.0 Å². The van der Waals surface area contributed by atoms with Gasteiger partial charge in [0.2, 0.25) is 17.7 Å². The number of phenols is 1. The number of phenolic OH excluding ortho intramolecular Hbond substituents is 1. The highest BCUT2D eigenvalue weighted by Crippen LogP contribution is 2.55. The number of carbonyl (C=O) groups is 4. The summed E-state index contributed by atoms with van der Waals surface area (Å²) in [6.45, 7) is 0. The van der Waals surface area contributed by atoms with Crippen LogP contribution in [0.25, 0.3) is 22.6 Å². The Hall–Kier alpha value is -4.89. The van der Waals surface area contributed by atoms with Crippen molar-refractivity contribution < 1.29 is 28.7 Å². The lowest BCUT2D eigenvalue weighted by atomic mass is 9.59. The van der Waals surface area contributed by atoms with E-state index < -0.39 is 23.7 Å². The molecule has 4 aliphatic rings. The minimum Gasteiger partial charge on any atom is -0.508 e. The number of ketones is 2. The third-order valence-corrected chi connectivity index (χ3v) is 9.81. The van der Waals surface area contributed by atoms with Gasteiger partial charge >= 0.3 is 0 Å². The van der Waals surface area contributed by atoms with Crippen LogP contribution < -0.4 is 4.90 Å². The van der Waals surface area contributed by atoms with Crippen molar-refractivity contribution in [1.29, 1.82) is 0 Å². The average molecular weight is 647 g/mol. The van der Waals surface area contributed by atoms with Crippen molar-refractivity contribution in [1.82, 2.24) is 4.98 Å². The van der Waals surface area contributed by atoms with Crippen LogP contribution in [0.4, 0.5) is 5.69 Å². The highest BCUT2D eigenvalue weighted by Gasteiger charge is 2.56. The zero-order valence-corrected chi connectivity index (χ0v) is 24.7. The SMILES string of the molecule is O=C1C=C(Br)C(=O)C2=C1C(c1ccc(O)cc1)C1=CCC3C(=O)N(c4ccc(-c5nc6ccccc6o5)cc4)C(=O)C3C1C2. The smallest absolute Gasteiger partial charge is 0.238 e. The van der Waals surface area contributed by atoms with E-state index in [4.69, 9.17) is 4.42 Å². The molecule has 1 saturated heterocycles. The van der Waals surface area contributed by atoms with Crippen LogP contribution in [-0.4, -0.2) is 33.5 Å². The summed E-state index contributed by atoms with van der Waals surface area (Å²) in [5.41, 5.74) is 4.93. The molecule has 1 fully saturated rings. The maximum absolute atomic E-state index is 14.2. The molecule has 4 aromatic rings. The Morgan fingerprint density at radius 2 is 1.64 bits per heavy atom. The number of para-hydroxylation sites is 2. The van der Waals surface area contributed by atoms with Crippen molar-refractivity contribution in [2.24, 2.45) is 17.8 Å². The van der Waals surface area contributed by atoms with Gasteiger partial charge in [0, 0.05) is 28.7 Å². The van der Waals surface area contributed by atoms with Crippen LogP contribution >= 0.6 is 15.9 Å². The zero-order chi connectivity index (χ0) is 30.3. The van der Waals surface area contributed by atoms with Gasteiger partial charge in [-0.2, -0.15) is 0 Å². The highest BCUT2D eigenvalue weighted by atomic mass is 79.9. The molecule has 1 aliphatic heterocycles. The van der Waals surface area contributed by atoms with Gasteiger partial charge in [-0.05, 0) is 88.8 Å². The number of Topliss-reactive ketones (excluding diaryl/α,β-unsaturated/α-hetero) is 1. The lowest BCUT2D eigenvalue weighted by molar-refractivity contribution is -0.123. The Morgan fingerprint density at radius 3 is 2.39 bits per heavy atom. The van der Waals surface area contributed by atoms with Gasteiger partial charge < -0.3 is 9.52 Å². The number of aromatic hydroxyl groups is 1. The topological polar surface area (TPSA) is 118 Å². The maximum atomic E-state index is 14.2. The summed E-state index contributed by atoms with van der Waals surface area (Å²) in [5, 5.41) is 9.93. The van der Waals surface area contributed by atoms with Crippen LogP contribution in [0.3, 0.4) is 0 Å². The summed E-state index contributed by atoms with van der Waals surface area (Å²) < 4.78 is 6.06. The average Bonchev–Trinajstić information content (AvgIpc) is 3.58. The summed E-state index contributed by atoms with van der Waals surface area (Å²) in [6, 6.07) is 21.0. The molecule has 4 unspecified atom stereocenters. The predicted molar refractivity (Wildman–Crippen MR) is 165 cm³/mol. The van der Waals surface area contributed by atoms with E-state index in [1.807, 2.05) is 30.3 Å². The van der Waals surface area contributed by atoms with Gasteiger partial charge in [-0.25, -0.2) is 4.98 Å². The van der Waals surface area contributed by atoms with E-state index in [-0.39, 0.29) is 40.0 Å². The fourth-order valence-electron chi connectivity index (χ4n) is 7.26. The van der Waals surface area contributed by atoms with Crippen molar-refractivity contribution >= 4 is 56.1 Å². The summed E-state index contributed by atoms with van der Waals surface area (Å²) in [4.78, 5) is 60.5. The maximum Gasteiger partial charge on any atom is 0.238 e. The summed E-state index contributed by atoms with van der Waals surface area (Å²) in [5.74, 6) is -2.89. The second-order valence-electron chi connectivity index (χ2n) is 11.5. The van der Waals surface area contributed by atoms with E-state index in [0.717, 1.165) is 16.7 Å². The van der Waals surface area contributed by atoms with Crippen LogP contribution in [0.15, 0.2) is 111 Å². The second-order valence-corrected chi connectivity index (χ2v) is 12.4. The van der Waals surface area contributed by atoms with Gasteiger partial charge in [-0.1, -0.05) is 35.9 Å². The van der Waals surface area contributed by atoms with Gasteiger partial charge in [-0.3, -0.25) is 24.1 Å². The normalized spacial score (nSPS) is 24.7. The van der Waals surface area contributed by atoms with Crippen LogP contribution in [0.2, 0.25) is 0 Å². The number of anilines is 1. The first-order valence-corrected chi connectivity index (χ1v) is 15.1. The first kappa shape index (κ1) is 26.7. The fraction of sp³-hybridized carbons (Fsp3) is 0.171. The second kappa shape index (κ2) is 9.82. The molecule has 0 radical (unpaired) electrons. The van der Waals surface area contributed by atoms with Gasteiger partial charge in [0.1, 0.15) is 11.3 Å². The van der Waals surface area contributed by atoms with E-state index >= 15 is 0 Å². The van der Waals surface area contributed by atoms with Gasteiger partial charge in [-0.15, -0.1) is 0 Å². The quantitative estimate of drug-likeness (QED) is 0.161. The Morgan fingerprint density at radius 1 is 0.886 bits per heavy atom. The molecule has 2 amide bonds. The molecule has 2 heterocycles. The van der Waals surface area contributed by atoms with Crippen molar-refractivity contribution in [3.8, 4) is 17.2 Å². The molecule has 3 aliphatic carbocycles. The Labute approximate surface area is 259 Å². The van der Waals surface area contributed by atoms with Gasteiger partial charge in [0.15, 0.2) is 17.1 Å². The number of halogens is 1. The molecule has 3 aromatic carbocycles. The van der Waals surface area contributed by atoms with Crippen LogP contribution in [0.1, 0.15) is 24.3 Å². The fourth-order valence-corrected chi connectivity index (χ4v) is 7.70. The molecule has 1 N–H and O–H groups in total. The Balaban J connectivity index is 1.16. The highest BCUT2D eigenvalue weighted by molar-refractivity contribution is 9.12. The molecule has 0 saturated carbocycles. The number of allylic oxidation sites excluding steroid dienone is 6. The molecule has 0 spiro atoms. The number of rotatable bonds is 3. The van der Waals surface area contributed by atoms with Gasteiger partial charge in [0.25, 0.3) is 0 Å². The molecule has 0 bridgehead atoms. The van der Waals surface area contributed by atoms with Crippen molar-refractivity contribution in [3.63, 3.8) is 0 Å². The molecule has 8 nitrogen and oxygen atoms in total. The number of nitrogens with zero attached hydrogens (tertiary/aromatic N) is 2. The number of amides is 2. The molecule has 44 heavy (non-hydrogen) atoms. The first-order chi connectivity index (χ1) is 21.3. The molecule has 4 atom stereocenters. The summed E-state index contributed by atoms with van der Waals surface area (Å²) in [7, 11) is 0. The van der Waals surface area contributed by atoms with E-state index in [9.17, 15) is 24.3 Å². The largest absolute Gasteiger partial charge is 0.508 e. The number of hydrogen-bond donors (Lipinski definition) is 1. The van der Waals surface area contributed by atoms with E-state index in [0.29, 0.717) is 40.3 Å². The van der Waals surface area contributed by atoms with Crippen LogP contribution in [-0.2, 0) is 19.2 Å². The van der Waals surface area contributed by atoms with E-state index in [1.54, 1.807) is 48.5 Å². The zero-order valence-electron chi connectivity index (χ0n) is 23.1. The lowest BCUT2D eigenvalue weighted by Gasteiger charge is -2.42. The number of oxazole rings is 1. The number of benzene rings is 3. The molecule has 1 aromatic heterocycles. The number of carbonyl (C=O) groups excluding carboxylic acids is 4. The third-order valence-electron chi connectivity index (χ3n) is 9.22. The number of hydrogen-bond acceptors (Lipinski definition) is 7. The van der Waals surface area contributed by atoms with Crippen LogP contribution in [0, 0.1) is 17.8 Å². The number of imide groups is 1. The van der Waals surface area contributed by atoms with Crippen molar-refractivity contribution in [2.75, 3.05) is 4.90 Å². The number of fused-ring (bicyclic) bond motifs is 4. The molecule has 9 heteroatoms. The van der Waals surface area contributed by atoms with Gasteiger partial charge in [0.05, 0.1) is 22.0 Å². The minimum atomic E-state index is -0.680. The molecular weight excluding hydrogens is 624 g/mol.